The second-order valence-corrected chi connectivity index (χ2v) is 4.71. The molecule has 0 aliphatic rings. The van der Waals surface area contributed by atoms with Gasteiger partial charge in [0.05, 0.1) is 9.85 Å². The number of non-ortho nitro benzene ring substituents is 2. The topological polar surface area (TPSA) is 115 Å². The van der Waals surface area contributed by atoms with Gasteiger partial charge in [-0.25, -0.2) is 0 Å². The van der Waals surface area contributed by atoms with Crippen LogP contribution in [0, 0.1) is 20.2 Å². The first-order valence-electron chi connectivity index (χ1n) is 6.73. The molecular formula is C15H13N3O5. The molecule has 23 heavy (non-hydrogen) atoms. The summed E-state index contributed by atoms with van der Waals surface area (Å²) in [6, 6.07) is 11.3. The highest BCUT2D eigenvalue weighted by molar-refractivity contribution is 5.96. The molecule has 2 aromatic rings. The van der Waals surface area contributed by atoms with Gasteiger partial charge in [-0.2, -0.15) is 0 Å². The first-order valence-corrected chi connectivity index (χ1v) is 6.73. The molecule has 2 rings (SSSR count). The Kier molecular flexibility index (Phi) is 4.98. The van der Waals surface area contributed by atoms with Gasteiger partial charge in [0.2, 0.25) is 0 Å². The summed E-state index contributed by atoms with van der Waals surface area (Å²) in [5.74, 6) is -0.144. The van der Waals surface area contributed by atoms with Crippen LogP contribution in [-0.2, 0) is 0 Å². The highest BCUT2D eigenvalue weighted by atomic mass is 16.6. The van der Waals surface area contributed by atoms with Crippen LogP contribution in [0.2, 0.25) is 0 Å². The number of Topliss-reactive ketones (excluding diaryl/α,β-unsaturated/α-hetero) is 1. The number of benzene rings is 2. The molecule has 0 saturated carbocycles. The highest BCUT2D eigenvalue weighted by Gasteiger charge is 2.09. The minimum atomic E-state index is -0.523. The Hall–Kier alpha value is -3.29. The number of hydrogen-bond acceptors (Lipinski definition) is 6. The zero-order valence-electron chi connectivity index (χ0n) is 12.0. The number of nitro groups is 2. The average molecular weight is 315 g/mol. The van der Waals surface area contributed by atoms with Gasteiger partial charge in [-0.15, -0.1) is 0 Å². The van der Waals surface area contributed by atoms with Crippen molar-refractivity contribution in [3.05, 3.63) is 74.3 Å². The summed E-state index contributed by atoms with van der Waals surface area (Å²) >= 11 is 0. The lowest BCUT2D eigenvalue weighted by atomic mass is 10.1. The summed E-state index contributed by atoms with van der Waals surface area (Å²) in [5.41, 5.74) is 1.01. The van der Waals surface area contributed by atoms with Gasteiger partial charge in [-0.3, -0.25) is 25.0 Å². The molecule has 0 bridgehead atoms. The zero-order chi connectivity index (χ0) is 16.8. The molecular weight excluding hydrogens is 302 g/mol. The second-order valence-electron chi connectivity index (χ2n) is 4.71. The second kappa shape index (κ2) is 7.12. The van der Waals surface area contributed by atoms with E-state index >= 15 is 0 Å². The number of carbonyl (C=O) groups is 1. The summed E-state index contributed by atoms with van der Waals surface area (Å²) in [5, 5.41) is 24.1. The molecule has 8 nitrogen and oxygen atoms in total. The van der Waals surface area contributed by atoms with Crippen molar-refractivity contribution in [3.63, 3.8) is 0 Å². The number of ketones is 1. The lowest BCUT2D eigenvalue weighted by Gasteiger charge is -2.05. The van der Waals surface area contributed by atoms with Crippen molar-refractivity contribution in [1.82, 2.24) is 0 Å². The normalized spacial score (nSPS) is 10.1. The predicted molar refractivity (Wildman–Crippen MR) is 83.6 cm³/mol. The molecule has 0 saturated heterocycles. The van der Waals surface area contributed by atoms with Gasteiger partial charge in [0, 0.05) is 48.5 Å². The van der Waals surface area contributed by atoms with Crippen LogP contribution >= 0.6 is 0 Å². The summed E-state index contributed by atoms with van der Waals surface area (Å²) < 4.78 is 0. The molecule has 0 aromatic heterocycles. The molecule has 0 aliphatic heterocycles. The Bertz CT molecular complexity index is 726. The molecule has 0 atom stereocenters. The molecule has 0 aliphatic carbocycles. The van der Waals surface area contributed by atoms with Gasteiger partial charge in [0.15, 0.2) is 5.78 Å². The maximum absolute atomic E-state index is 12.0. The van der Waals surface area contributed by atoms with E-state index in [-0.39, 0.29) is 23.6 Å². The fourth-order valence-electron chi connectivity index (χ4n) is 1.93. The van der Waals surface area contributed by atoms with Crippen LogP contribution in [-0.4, -0.2) is 22.2 Å². The quantitative estimate of drug-likeness (QED) is 0.476. The van der Waals surface area contributed by atoms with E-state index in [2.05, 4.69) is 5.32 Å². The molecule has 0 unspecified atom stereocenters. The molecule has 2 aromatic carbocycles. The zero-order valence-corrected chi connectivity index (χ0v) is 12.0. The van der Waals surface area contributed by atoms with Crippen LogP contribution in [0.3, 0.4) is 0 Å². The largest absolute Gasteiger partial charge is 0.385 e. The van der Waals surface area contributed by atoms with Gasteiger partial charge >= 0.3 is 0 Å². The van der Waals surface area contributed by atoms with E-state index < -0.39 is 9.85 Å². The van der Waals surface area contributed by atoms with Crippen LogP contribution in [0.5, 0.6) is 0 Å². The van der Waals surface area contributed by atoms with Crippen molar-refractivity contribution in [3.8, 4) is 0 Å². The van der Waals surface area contributed by atoms with Crippen LogP contribution < -0.4 is 5.32 Å². The molecule has 0 amide bonds. The summed E-state index contributed by atoms with van der Waals surface area (Å²) in [6.07, 6.45) is 0.203. The fraction of sp³-hybridized carbons (Fsp3) is 0.133. The number of hydrogen-bond donors (Lipinski definition) is 1. The number of nitrogens with one attached hydrogen (secondary N) is 1. The third-order valence-corrected chi connectivity index (χ3v) is 3.16. The lowest BCUT2D eigenvalue weighted by Crippen LogP contribution is -2.09. The maximum atomic E-state index is 12.0. The lowest BCUT2D eigenvalue weighted by molar-refractivity contribution is -0.385. The van der Waals surface area contributed by atoms with Crippen molar-refractivity contribution < 1.29 is 14.6 Å². The third-order valence-electron chi connectivity index (χ3n) is 3.16. The average Bonchev–Trinajstić information content (AvgIpc) is 2.55. The molecule has 0 fully saturated rings. The maximum Gasteiger partial charge on any atom is 0.269 e. The number of nitro benzene ring substituents is 2. The first kappa shape index (κ1) is 16.1. The molecule has 0 radical (unpaired) electrons. The van der Waals surface area contributed by atoms with Crippen molar-refractivity contribution >= 4 is 22.8 Å². The van der Waals surface area contributed by atoms with Crippen molar-refractivity contribution in [2.24, 2.45) is 0 Å². The minimum absolute atomic E-state index is 0.00231. The van der Waals surface area contributed by atoms with E-state index in [1.807, 2.05) is 0 Å². The van der Waals surface area contributed by atoms with Gasteiger partial charge in [-0.05, 0) is 24.3 Å². The van der Waals surface area contributed by atoms with Gasteiger partial charge in [0.1, 0.15) is 0 Å². The molecule has 118 valence electrons. The first-order chi connectivity index (χ1) is 11.0. The Labute approximate surface area is 131 Å². The predicted octanol–water partition coefficient (Wildman–Crippen LogP) is 3.19. The van der Waals surface area contributed by atoms with Crippen molar-refractivity contribution in [2.45, 2.75) is 6.42 Å². The molecule has 0 spiro atoms. The summed E-state index contributed by atoms with van der Waals surface area (Å²) in [7, 11) is 0. The van der Waals surface area contributed by atoms with Crippen LogP contribution in [0.1, 0.15) is 16.8 Å². The number of anilines is 1. The number of carbonyl (C=O) groups excluding carboxylic acids is 1. The smallest absolute Gasteiger partial charge is 0.269 e. The third kappa shape index (κ3) is 4.34. The number of nitrogens with zero attached hydrogens (tertiary/aromatic N) is 2. The minimum Gasteiger partial charge on any atom is -0.385 e. The van der Waals surface area contributed by atoms with E-state index in [1.165, 1.54) is 36.4 Å². The molecule has 8 heteroatoms. The standard InChI is InChI=1S/C15H13N3O5/c19-15(11-1-5-13(6-2-11)17(20)21)9-10-16-12-3-7-14(8-4-12)18(22)23/h1-8,16H,9-10H2. The Balaban J connectivity index is 1.86. The van der Waals surface area contributed by atoms with Crippen LogP contribution in [0.15, 0.2) is 48.5 Å². The molecule has 1 N–H and O–H groups in total. The Morgan fingerprint density at radius 1 is 0.870 bits per heavy atom. The summed E-state index contributed by atoms with van der Waals surface area (Å²) in [4.78, 5) is 32.0. The monoisotopic (exact) mass is 315 g/mol. The Morgan fingerprint density at radius 3 is 1.83 bits per heavy atom. The summed E-state index contributed by atoms with van der Waals surface area (Å²) in [6.45, 7) is 0.355. The van der Waals surface area contributed by atoms with Crippen molar-refractivity contribution in [2.75, 3.05) is 11.9 Å². The van der Waals surface area contributed by atoms with Gasteiger partial charge < -0.3 is 5.32 Å². The van der Waals surface area contributed by atoms with E-state index in [1.54, 1.807) is 12.1 Å². The van der Waals surface area contributed by atoms with Crippen LogP contribution in [0.25, 0.3) is 0 Å². The Morgan fingerprint density at radius 2 is 1.35 bits per heavy atom. The number of rotatable bonds is 7. The van der Waals surface area contributed by atoms with Crippen molar-refractivity contribution in [1.29, 1.82) is 0 Å². The van der Waals surface area contributed by atoms with E-state index in [9.17, 15) is 25.0 Å². The SMILES string of the molecule is O=C(CCNc1ccc([N+](=O)[O-])cc1)c1ccc([N+](=O)[O-])cc1. The van der Waals surface area contributed by atoms with Crippen LogP contribution in [0.4, 0.5) is 17.1 Å². The van der Waals surface area contributed by atoms with Gasteiger partial charge in [-0.1, -0.05) is 0 Å². The van der Waals surface area contributed by atoms with E-state index in [0.717, 1.165) is 0 Å². The van der Waals surface area contributed by atoms with Gasteiger partial charge in [0.25, 0.3) is 11.4 Å². The van der Waals surface area contributed by atoms with E-state index in [4.69, 9.17) is 0 Å². The highest BCUT2D eigenvalue weighted by Crippen LogP contribution is 2.16. The van der Waals surface area contributed by atoms with E-state index in [0.29, 0.717) is 17.8 Å². The fourth-order valence-corrected chi connectivity index (χ4v) is 1.93. The molecule has 0 heterocycles.